The average Bonchev–Trinajstić information content (AvgIpc) is 2.38. The second-order valence-electron chi connectivity index (χ2n) is 4.10. The lowest BCUT2D eigenvalue weighted by Gasteiger charge is -2.06. The Bertz CT molecular complexity index is 536. The van der Waals surface area contributed by atoms with Crippen LogP contribution >= 0.6 is 23.2 Å². The van der Waals surface area contributed by atoms with Crippen LogP contribution in [0.2, 0.25) is 10.0 Å². The molecule has 19 heavy (non-hydrogen) atoms. The van der Waals surface area contributed by atoms with Gasteiger partial charge in [-0.05, 0) is 35.4 Å². The Hall–Kier alpha value is -1.16. The first-order valence-electron chi connectivity index (χ1n) is 5.65. The van der Waals surface area contributed by atoms with Gasteiger partial charge in [0.2, 0.25) is 0 Å². The number of rotatable bonds is 4. The lowest BCUT2D eigenvalue weighted by molar-refractivity contribution is 0.618. The minimum absolute atomic E-state index is 0.0943. The number of halogens is 4. The van der Waals surface area contributed by atoms with E-state index in [1.54, 1.807) is 18.2 Å². The molecule has 2 rings (SSSR count). The summed E-state index contributed by atoms with van der Waals surface area (Å²) in [6, 6.07) is 9.18. The fraction of sp³-hybridized carbons (Fsp3) is 0.143. The van der Waals surface area contributed by atoms with E-state index in [0.717, 1.165) is 11.1 Å². The highest BCUT2D eigenvalue weighted by Gasteiger charge is 2.02. The Labute approximate surface area is 120 Å². The van der Waals surface area contributed by atoms with Crippen LogP contribution in [0.1, 0.15) is 11.1 Å². The summed E-state index contributed by atoms with van der Waals surface area (Å²) in [5.41, 5.74) is 1.65. The van der Waals surface area contributed by atoms with Crippen LogP contribution in [0.25, 0.3) is 0 Å². The molecule has 0 unspecified atom stereocenters. The fourth-order valence-electron chi connectivity index (χ4n) is 1.65. The summed E-state index contributed by atoms with van der Waals surface area (Å²) in [7, 11) is 0. The van der Waals surface area contributed by atoms with Gasteiger partial charge in [0.1, 0.15) is 11.6 Å². The maximum Gasteiger partial charge on any atom is 0.142 e. The monoisotopic (exact) mass is 301 g/mol. The normalized spacial score (nSPS) is 10.7. The predicted octanol–water partition coefficient (Wildman–Crippen LogP) is 4.56. The molecule has 0 bridgehead atoms. The van der Waals surface area contributed by atoms with Crippen molar-refractivity contribution in [1.29, 1.82) is 0 Å². The van der Waals surface area contributed by atoms with Gasteiger partial charge in [0.05, 0.1) is 10.0 Å². The van der Waals surface area contributed by atoms with E-state index in [-0.39, 0.29) is 10.0 Å². The lowest BCUT2D eigenvalue weighted by atomic mass is 10.2. The van der Waals surface area contributed by atoms with Crippen molar-refractivity contribution in [3.63, 3.8) is 0 Å². The van der Waals surface area contributed by atoms with E-state index in [9.17, 15) is 8.78 Å². The summed E-state index contributed by atoms with van der Waals surface area (Å²) in [6.45, 7) is 1.01. The maximum absolute atomic E-state index is 13.2. The van der Waals surface area contributed by atoms with E-state index in [0.29, 0.717) is 13.1 Å². The van der Waals surface area contributed by atoms with Crippen LogP contribution in [0.5, 0.6) is 0 Å². The molecule has 0 saturated heterocycles. The van der Waals surface area contributed by atoms with E-state index in [4.69, 9.17) is 23.2 Å². The zero-order valence-electron chi connectivity index (χ0n) is 9.89. The molecule has 0 aliphatic heterocycles. The summed E-state index contributed by atoms with van der Waals surface area (Å²) >= 11 is 11.3. The van der Waals surface area contributed by atoms with Crippen LogP contribution in [0.15, 0.2) is 36.4 Å². The summed E-state index contributed by atoms with van der Waals surface area (Å²) in [5, 5.41) is 3.32. The molecule has 0 atom stereocenters. The van der Waals surface area contributed by atoms with E-state index in [1.807, 2.05) is 0 Å². The predicted molar refractivity (Wildman–Crippen MR) is 73.4 cm³/mol. The molecule has 0 heterocycles. The van der Waals surface area contributed by atoms with Crippen molar-refractivity contribution in [3.05, 3.63) is 69.2 Å². The molecule has 0 amide bonds. The van der Waals surface area contributed by atoms with Crippen LogP contribution in [0, 0.1) is 11.6 Å². The van der Waals surface area contributed by atoms with Crippen LogP contribution in [0.4, 0.5) is 8.78 Å². The SMILES string of the molecule is Fc1cc(CNCc2ccc(F)c(Cl)c2)ccc1Cl. The van der Waals surface area contributed by atoms with Gasteiger partial charge >= 0.3 is 0 Å². The zero-order valence-corrected chi connectivity index (χ0v) is 11.4. The van der Waals surface area contributed by atoms with E-state index in [1.165, 1.54) is 18.2 Å². The zero-order chi connectivity index (χ0) is 13.8. The van der Waals surface area contributed by atoms with Gasteiger partial charge in [-0.25, -0.2) is 8.78 Å². The standard InChI is InChI=1S/C14H11Cl2F2N/c15-11-3-1-10(6-14(11)18)8-19-7-9-2-4-13(17)12(16)5-9/h1-6,19H,7-8H2. The highest BCUT2D eigenvalue weighted by Crippen LogP contribution is 2.17. The van der Waals surface area contributed by atoms with Crippen molar-refractivity contribution in [2.24, 2.45) is 0 Å². The minimum atomic E-state index is -0.440. The average molecular weight is 302 g/mol. The smallest absolute Gasteiger partial charge is 0.142 e. The van der Waals surface area contributed by atoms with Crippen molar-refractivity contribution < 1.29 is 8.78 Å². The van der Waals surface area contributed by atoms with Crippen LogP contribution in [-0.4, -0.2) is 0 Å². The molecule has 0 radical (unpaired) electrons. The third-order valence-electron chi connectivity index (χ3n) is 2.63. The van der Waals surface area contributed by atoms with Gasteiger partial charge in [-0.1, -0.05) is 35.3 Å². The summed E-state index contributed by atoms with van der Waals surface area (Å²) in [5.74, 6) is -0.879. The molecule has 0 fully saturated rings. The van der Waals surface area contributed by atoms with E-state index in [2.05, 4.69) is 5.32 Å². The van der Waals surface area contributed by atoms with Crippen molar-refractivity contribution >= 4 is 23.2 Å². The van der Waals surface area contributed by atoms with Gasteiger partial charge in [0, 0.05) is 13.1 Å². The molecule has 0 saturated carbocycles. The van der Waals surface area contributed by atoms with Gasteiger partial charge in [0.25, 0.3) is 0 Å². The topological polar surface area (TPSA) is 12.0 Å². The Kier molecular flexibility index (Phi) is 4.75. The highest BCUT2D eigenvalue weighted by atomic mass is 35.5. The van der Waals surface area contributed by atoms with Crippen molar-refractivity contribution in [1.82, 2.24) is 5.32 Å². The number of hydrogen-bond acceptors (Lipinski definition) is 1. The van der Waals surface area contributed by atoms with Crippen molar-refractivity contribution in [3.8, 4) is 0 Å². The molecular formula is C14H11Cl2F2N. The summed E-state index contributed by atoms with van der Waals surface area (Å²) < 4.78 is 26.2. The first-order chi connectivity index (χ1) is 9.06. The first-order valence-corrected chi connectivity index (χ1v) is 6.40. The van der Waals surface area contributed by atoms with Gasteiger partial charge in [-0.2, -0.15) is 0 Å². The molecule has 2 aromatic carbocycles. The number of benzene rings is 2. The molecule has 2 aromatic rings. The second kappa shape index (κ2) is 6.33. The van der Waals surface area contributed by atoms with Gasteiger partial charge in [-0.15, -0.1) is 0 Å². The Morgan fingerprint density at radius 2 is 1.42 bits per heavy atom. The summed E-state index contributed by atoms with van der Waals surface area (Å²) in [6.07, 6.45) is 0. The van der Waals surface area contributed by atoms with Crippen molar-refractivity contribution in [2.75, 3.05) is 0 Å². The van der Waals surface area contributed by atoms with Gasteiger partial charge < -0.3 is 5.32 Å². The Morgan fingerprint density at radius 3 is 2.05 bits per heavy atom. The van der Waals surface area contributed by atoms with E-state index < -0.39 is 11.6 Å². The largest absolute Gasteiger partial charge is 0.309 e. The molecule has 1 nitrogen and oxygen atoms in total. The second-order valence-corrected chi connectivity index (χ2v) is 4.91. The van der Waals surface area contributed by atoms with Crippen LogP contribution in [-0.2, 0) is 13.1 Å². The molecule has 0 aliphatic carbocycles. The molecule has 0 aromatic heterocycles. The minimum Gasteiger partial charge on any atom is -0.309 e. The molecule has 100 valence electrons. The molecule has 0 aliphatic rings. The van der Waals surface area contributed by atoms with E-state index >= 15 is 0 Å². The highest BCUT2D eigenvalue weighted by molar-refractivity contribution is 6.31. The third kappa shape index (κ3) is 3.90. The maximum atomic E-state index is 13.2. The quantitative estimate of drug-likeness (QED) is 0.873. The fourth-order valence-corrected chi connectivity index (χ4v) is 1.97. The molecule has 5 heteroatoms. The van der Waals surface area contributed by atoms with Crippen molar-refractivity contribution in [2.45, 2.75) is 13.1 Å². The van der Waals surface area contributed by atoms with Gasteiger partial charge in [0.15, 0.2) is 0 Å². The van der Waals surface area contributed by atoms with Crippen LogP contribution in [0.3, 0.4) is 0 Å². The first kappa shape index (κ1) is 14.3. The Balaban J connectivity index is 1.92. The molecular weight excluding hydrogens is 291 g/mol. The summed E-state index contributed by atoms with van der Waals surface area (Å²) in [4.78, 5) is 0. The lowest BCUT2D eigenvalue weighted by Crippen LogP contribution is -2.12. The molecule has 1 N–H and O–H groups in total. The molecule has 0 spiro atoms. The number of hydrogen-bond donors (Lipinski definition) is 1. The van der Waals surface area contributed by atoms with Crippen LogP contribution < -0.4 is 5.32 Å². The number of nitrogens with one attached hydrogen (secondary N) is 1. The Morgan fingerprint density at radius 1 is 0.789 bits per heavy atom. The third-order valence-corrected chi connectivity index (χ3v) is 3.22. The van der Waals surface area contributed by atoms with Gasteiger partial charge in [-0.3, -0.25) is 0 Å².